The fourth-order valence-corrected chi connectivity index (χ4v) is 3.68. The highest BCUT2D eigenvalue weighted by Crippen LogP contribution is 2.21. The summed E-state index contributed by atoms with van der Waals surface area (Å²) in [5.41, 5.74) is 0.757. The van der Waals surface area contributed by atoms with Crippen LogP contribution in [0.2, 0.25) is 0 Å². The molecule has 0 aromatic carbocycles. The van der Waals surface area contributed by atoms with Crippen LogP contribution in [-0.2, 0) is 14.6 Å². The number of hydrogen-bond donors (Lipinski definition) is 1. The van der Waals surface area contributed by atoms with Gasteiger partial charge in [0, 0.05) is 18.3 Å². The minimum atomic E-state index is -3.18. The molecule has 2 rings (SSSR count). The zero-order chi connectivity index (χ0) is 14.0. The van der Waals surface area contributed by atoms with Gasteiger partial charge >= 0.3 is 5.97 Å². The molecule has 104 valence electrons. The second-order valence-corrected chi connectivity index (χ2v) is 6.81. The number of sulfone groups is 1. The lowest BCUT2D eigenvalue weighted by Gasteiger charge is -2.35. The number of aromatic nitrogens is 2. The van der Waals surface area contributed by atoms with E-state index in [1.807, 2.05) is 0 Å². The van der Waals surface area contributed by atoms with Gasteiger partial charge in [0.15, 0.2) is 9.84 Å². The van der Waals surface area contributed by atoms with E-state index in [2.05, 4.69) is 9.97 Å². The lowest BCUT2D eigenvalue weighted by Crippen LogP contribution is -2.49. The highest BCUT2D eigenvalue weighted by Gasteiger charge is 2.33. The van der Waals surface area contributed by atoms with Crippen molar-refractivity contribution in [2.75, 3.05) is 23.0 Å². The summed E-state index contributed by atoms with van der Waals surface area (Å²) in [5.74, 6) is -0.569. The Morgan fingerprint density at radius 2 is 2.26 bits per heavy atom. The Hall–Kier alpha value is -1.70. The molecule has 1 N–H and O–H groups in total. The summed E-state index contributed by atoms with van der Waals surface area (Å²) < 4.78 is 23.3. The number of carboxylic acid groups (broad SMARTS) is 1. The summed E-state index contributed by atoms with van der Waals surface area (Å²) >= 11 is 0. The number of carboxylic acids is 1. The minimum Gasteiger partial charge on any atom is -0.481 e. The highest BCUT2D eigenvalue weighted by molar-refractivity contribution is 7.91. The summed E-state index contributed by atoms with van der Waals surface area (Å²) in [7, 11) is -3.18. The molecule has 0 radical (unpaired) electrons. The first-order valence-electron chi connectivity index (χ1n) is 5.85. The normalized spacial score (nSPS) is 22.2. The highest BCUT2D eigenvalue weighted by atomic mass is 32.2. The van der Waals surface area contributed by atoms with E-state index in [1.165, 1.54) is 6.33 Å². The second kappa shape index (κ2) is 5.12. The molecule has 1 fully saturated rings. The summed E-state index contributed by atoms with van der Waals surface area (Å²) in [4.78, 5) is 20.7. The average molecular weight is 285 g/mol. The predicted molar refractivity (Wildman–Crippen MR) is 68.8 cm³/mol. The van der Waals surface area contributed by atoms with Gasteiger partial charge in [0.25, 0.3) is 0 Å². The van der Waals surface area contributed by atoms with E-state index in [4.69, 9.17) is 5.11 Å². The molecule has 7 nitrogen and oxygen atoms in total. The van der Waals surface area contributed by atoms with Gasteiger partial charge in [-0.15, -0.1) is 0 Å². The lowest BCUT2D eigenvalue weighted by atomic mass is 10.2. The van der Waals surface area contributed by atoms with Gasteiger partial charge in [0.1, 0.15) is 12.1 Å². The van der Waals surface area contributed by atoms with Gasteiger partial charge in [-0.1, -0.05) is 0 Å². The van der Waals surface area contributed by atoms with Crippen LogP contribution in [0.15, 0.2) is 12.4 Å². The molecule has 19 heavy (non-hydrogen) atoms. The average Bonchev–Trinajstić information content (AvgIpc) is 2.27. The number of nitrogens with zero attached hydrogens (tertiary/aromatic N) is 3. The molecule has 2 heterocycles. The standard InChI is InChI=1S/C11H15N3O4S/c1-8-4-10(13-7-12-8)14-2-3-19(17,18)6-9(14)5-11(15)16/h4,7,9H,2-3,5-6H2,1H3,(H,15,16). The maximum absolute atomic E-state index is 11.6. The molecule has 1 atom stereocenters. The Morgan fingerprint density at radius 3 is 2.89 bits per heavy atom. The van der Waals surface area contributed by atoms with Crippen molar-refractivity contribution in [3.8, 4) is 0 Å². The first-order valence-corrected chi connectivity index (χ1v) is 7.67. The molecule has 0 saturated carbocycles. The van der Waals surface area contributed by atoms with Gasteiger partial charge < -0.3 is 10.0 Å². The summed E-state index contributed by atoms with van der Waals surface area (Å²) in [6, 6.07) is 1.15. The third-order valence-electron chi connectivity index (χ3n) is 3.02. The summed E-state index contributed by atoms with van der Waals surface area (Å²) in [6.45, 7) is 2.06. The first-order chi connectivity index (χ1) is 8.87. The smallest absolute Gasteiger partial charge is 0.305 e. The van der Waals surface area contributed by atoms with Crippen LogP contribution in [0.4, 0.5) is 5.82 Å². The van der Waals surface area contributed by atoms with Crippen molar-refractivity contribution in [2.45, 2.75) is 19.4 Å². The maximum atomic E-state index is 11.6. The number of anilines is 1. The van der Waals surface area contributed by atoms with Crippen LogP contribution in [0.3, 0.4) is 0 Å². The minimum absolute atomic E-state index is 0.0200. The Bertz CT molecular complexity index is 587. The van der Waals surface area contributed by atoms with Gasteiger partial charge in [-0.05, 0) is 6.92 Å². The molecular weight excluding hydrogens is 270 g/mol. The van der Waals surface area contributed by atoms with Crippen LogP contribution in [0.25, 0.3) is 0 Å². The van der Waals surface area contributed by atoms with Crippen LogP contribution < -0.4 is 4.90 Å². The van der Waals surface area contributed by atoms with Crippen LogP contribution in [0.1, 0.15) is 12.1 Å². The van der Waals surface area contributed by atoms with Crippen molar-refractivity contribution in [1.29, 1.82) is 0 Å². The molecule has 0 spiro atoms. The van der Waals surface area contributed by atoms with Crippen LogP contribution in [-0.4, -0.2) is 53.6 Å². The van der Waals surface area contributed by atoms with E-state index in [1.54, 1.807) is 17.9 Å². The summed E-state index contributed by atoms with van der Waals surface area (Å²) in [5, 5.41) is 8.90. The molecule has 8 heteroatoms. The van der Waals surface area contributed by atoms with E-state index in [-0.39, 0.29) is 24.5 Å². The Kier molecular flexibility index (Phi) is 3.70. The van der Waals surface area contributed by atoms with Crippen molar-refractivity contribution in [3.05, 3.63) is 18.1 Å². The predicted octanol–water partition coefficient (Wildman–Crippen LogP) is -0.137. The summed E-state index contributed by atoms with van der Waals surface area (Å²) in [6.07, 6.45) is 1.17. The second-order valence-electron chi connectivity index (χ2n) is 4.58. The number of aryl methyl sites for hydroxylation is 1. The lowest BCUT2D eigenvalue weighted by molar-refractivity contribution is -0.137. The van der Waals surface area contributed by atoms with E-state index in [9.17, 15) is 13.2 Å². The molecular formula is C11H15N3O4S. The van der Waals surface area contributed by atoms with Gasteiger partial charge in [0.2, 0.25) is 0 Å². The number of aliphatic carboxylic acids is 1. The molecule has 1 aromatic rings. The molecule has 1 aromatic heterocycles. The fourth-order valence-electron chi connectivity index (χ4n) is 2.16. The fraction of sp³-hybridized carbons (Fsp3) is 0.545. The Morgan fingerprint density at radius 1 is 1.53 bits per heavy atom. The molecule has 0 bridgehead atoms. The van der Waals surface area contributed by atoms with E-state index in [0.29, 0.717) is 5.82 Å². The molecule has 0 amide bonds. The van der Waals surface area contributed by atoms with Crippen LogP contribution >= 0.6 is 0 Å². The Balaban J connectivity index is 2.29. The molecule has 1 saturated heterocycles. The number of rotatable bonds is 3. The zero-order valence-corrected chi connectivity index (χ0v) is 11.3. The van der Waals surface area contributed by atoms with Gasteiger partial charge in [0.05, 0.1) is 24.0 Å². The topological polar surface area (TPSA) is 100 Å². The van der Waals surface area contributed by atoms with Gasteiger partial charge in [-0.2, -0.15) is 0 Å². The quantitative estimate of drug-likeness (QED) is 0.825. The van der Waals surface area contributed by atoms with Crippen LogP contribution in [0, 0.1) is 6.92 Å². The van der Waals surface area contributed by atoms with E-state index >= 15 is 0 Å². The Labute approximate surface area is 111 Å². The van der Waals surface area contributed by atoms with Gasteiger partial charge in [-0.3, -0.25) is 4.79 Å². The third kappa shape index (κ3) is 3.40. The molecule has 0 aliphatic carbocycles. The SMILES string of the molecule is Cc1cc(N2CCS(=O)(=O)CC2CC(=O)O)ncn1. The monoisotopic (exact) mass is 285 g/mol. The molecule has 1 aliphatic heterocycles. The van der Waals surface area contributed by atoms with Crippen molar-refractivity contribution < 1.29 is 18.3 Å². The molecule has 1 aliphatic rings. The van der Waals surface area contributed by atoms with Crippen LogP contribution in [0.5, 0.6) is 0 Å². The number of carbonyl (C=O) groups is 1. The van der Waals surface area contributed by atoms with E-state index < -0.39 is 21.8 Å². The zero-order valence-electron chi connectivity index (χ0n) is 10.5. The first kappa shape index (κ1) is 13.7. The van der Waals surface area contributed by atoms with Crippen molar-refractivity contribution in [1.82, 2.24) is 9.97 Å². The van der Waals surface area contributed by atoms with Crippen molar-refractivity contribution in [3.63, 3.8) is 0 Å². The van der Waals surface area contributed by atoms with E-state index in [0.717, 1.165) is 5.69 Å². The van der Waals surface area contributed by atoms with Gasteiger partial charge in [-0.25, -0.2) is 18.4 Å². The number of hydrogen-bond acceptors (Lipinski definition) is 6. The largest absolute Gasteiger partial charge is 0.481 e. The van der Waals surface area contributed by atoms with Crippen molar-refractivity contribution in [2.24, 2.45) is 0 Å². The maximum Gasteiger partial charge on any atom is 0.305 e. The molecule has 1 unspecified atom stereocenters. The third-order valence-corrected chi connectivity index (χ3v) is 4.72. The van der Waals surface area contributed by atoms with Crippen molar-refractivity contribution >= 4 is 21.6 Å².